The predicted molar refractivity (Wildman–Crippen MR) is 172 cm³/mol. The molecule has 1 aromatic rings. The molecule has 0 unspecified atom stereocenters. The zero-order valence-corrected chi connectivity index (χ0v) is 29.4. The highest BCUT2D eigenvalue weighted by atomic mass is 28.4. The molecule has 0 radical (unpaired) electrons. The number of hydrogen-bond acceptors (Lipinski definition) is 10. The van der Waals surface area contributed by atoms with E-state index in [9.17, 15) is 4.79 Å². The highest BCUT2D eigenvalue weighted by Crippen LogP contribution is 2.45. The molecule has 4 atom stereocenters. The van der Waals surface area contributed by atoms with Crippen LogP contribution in [0, 0.1) is 5.92 Å². The minimum absolute atomic E-state index is 0.0237. The van der Waals surface area contributed by atoms with Crippen molar-refractivity contribution in [3.8, 4) is 17.2 Å². The van der Waals surface area contributed by atoms with Crippen LogP contribution in [0.3, 0.4) is 0 Å². The van der Waals surface area contributed by atoms with Gasteiger partial charge in [-0.15, -0.1) is 0 Å². The number of carbonyl (C=O) groups excluding carboxylic acids is 1. The Hall–Kier alpha value is -2.35. The van der Waals surface area contributed by atoms with Gasteiger partial charge in [-0.3, -0.25) is 5.32 Å². The van der Waals surface area contributed by atoms with Crippen LogP contribution in [0.4, 0.5) is 10.5 Å². The second-order valence-corrected chi connectivity index (χ2v) is 16.9. The molecule has 43 heavy (non-hydrogen) atoms. The van der Waals surface area contributed by atoms with E-state index in [-0.39, 0.29) is 49.4 Å². The second-order valence-electron chi connectivity index (χ2n) is 12.1. The van der Waals surface area contributed by atoms with E-state index in [4.69, 9.17) is 37.6 Å². The number of rotatable bonds is 20. The summed E-state index contributed by atoms with van der Waals surface area (Å²) in [5, 5.41) is 6.17. The van der Waals surface area contributed by atoms with Crippen LogP contribution in [-0.4, -0.2) is 88.3 Å². The number of hydrogen-bond donors (Lipinski definition) is 2. The molecule has 1 rings (SSSR count). The number of ether oxygens (including phenoxy) is 7. The SMILES string of the molecule is C=CCOC(=O)Nc1cc(OCOC)c(OC)c(C[C@@H](C)C[C@H](OC)[C@H](O[Si](C)(C)C(C)(C)C)[C@@H](C)NC)c1OCOC. The fraction of sp³-hybridized carbons (Fsp3) is 0.710. The Morgan fingerprint density at radius 1 is 1.05 bits per heavy atom. The third-order valence-electron chi connectivity index (χ3n) is 7.76. The molecular formula is C31H56N2O9Si. The lowest BCUT2D eigenvalue weighted by atomic mass is 9.90. The van der Waals surface area contributed by atoms with Gasteiger partial charge in [0.2, 0.25) is 0 Å². The Kier molecular flexibility index (Phi) is 16.6. The zero-order chi connectivity index (χ0) is 32.8. The summed E-state index contributed by atoms with van der Waals surface area (Å²) in [6.45, 7) is 19.0. The van der Waals surface area contributed by atoms with Crippen molar-refractivity contribution in [1.29, 1.82) is 0 Å². The number of methoxy groups -OCH3 is 4. The summed E-state index contributed by atoms with van der Waals surface area (Å²) in [5.74, 6) is 1.29. The quantitative estimate of drug-likeness (QED) is 0.102. The third-order valence-corrected chi connectivity index (χ3v) is 12.2. The van der Waals surface area contributed by atoms with Crippen molar-refractivity contribution in [2.45, 2.75) is 83.8 Å². The Morgan fingerprint density at radius 3 is 2.19 bits per heavy atom. The molecule has 0 aliphatic carbocycles. The summed E-state index contributed by atoms with van der Waals surface area (Å²) < 4.78 is 46.2. The van der Waals surface area contributed by atoms with Gasteiger partial charge in [0.05, 0.1) is 25.0 Å². The summed E-state index contributed by atoms with van der Waals surface area (Å²) >= 11 is 0. The first-order chi connectivity index (χ1) is 20.2. The van der Waals surface area contributed by atoms with Crippen LogP contribution in [0.5, 0.6) is 17.2 Å². The van der Waals surface area contributed by atoms with Gasteiger partial charge >= 0.3 is 6.09 Å². The Bertz CT molecular complexity index is 1000. The number of anilines is 1. The van der Waals surface area contributed by atoms with Crippen LogP contribution >= 0.6 is 0 Å². The van der Waals surface area contributed by atoms with Crippen LogP contribution in [-0.2, 0) is 29.8 Å². The lowest BCUT2D eigenvalue weighted by Crippen LogP contribution is -2.54. The van der Waals surface area contributed by atoms with Gasteiger partial charge in [-0.05, 0) is 50.9 Å². The predicted octanol–water partition coefficient (Wildman–Crippen LogP) is 5.98. The molecule has 0 saturated carbocycles. The van der Waals surface area contributed by atoms with Gasteiger partial charge in [-0.1, -0.05) is 40.3 Å². The molecule has 12 heteroatoms. The summed E-state index contributed by atoms with van der Waals surface area (Å²) in [6.07, 6.45) is 1.64. The van der Waals surface area contributed by atoms with Gasteiger partial charge in [-0.2, -0.15) is 0 Å². The summed E-state index contributed by atoms with van der Waals surface area (Å²) in [6, 6.07) is 1.67. The van der Waals surface area contributed by atoms with Crippen LogP contribution in [0.25, 0.3) is 0 Å². The standard InChI is InChI=1S/C31H56N2O9Si/c1-14-15-39-30(34)33-24-18-26(40-19-35-8)29(38-11)23(28(24)41-20-36-9)16-21(2)17-25(37-10)27(22(3)32-7)42-43(12,13)31(4,5)6/h14,18,21-22,25,27,32H,1,15-17,19-20H2,2-13H3,(H,33,34)/t21-,22-,25+,27-/m1/s1. The third kappa shape index (κ3) is 11.6. The van der Waals surface area contributed by atoms with Gasteiger partial charge in [0, 0.05) is 39.0 Å². The van der Waals surface area contributed by atoms with Crippen LogP contribution < -0.4 is 24.8 Å². The van der Waals surface area contributed by atoms with Crippen molar-refractivity contribution in [2.24, 2.45) is 5.92 Å². The van der Waals surface area contributed by atoms with Crippen molar-refractivity contribution in [3.05, 3.63) is 24.3 Å². The monoisotopic (exact) mass is 628 g/mol. The molecule has 11 nitrogen and oxygen atoms in total. The average molecular weight is 629 g/mol. The van der Waals surface area contributed by atoms with E-state index in [2.05, 4.69) is 64.9 Å². The molecule has 1 aromatic carbocycles. The molecule has 1 amide bonds. The molecule has 0 aliphatic rings. The molecule has 0 fully saturated rings. The maximum Gasteiger partial charge on any atom is 0.412 e. The van der Waals surface area contributed by atoms with E-state index < -0.39 is 14.4 Å². The Morgan fingerprint density at radius 2 is 1.67 bits per heavy atom. The first-order valence-electron chi connectivity index (χ1n) is 14.6. The molecule has 0 saturated heterocycles. The van der Waals surface area contributed by atoms with Gasteiger partial charge in [-0.25, -0.2) is 4.79 Å². The number of benzene rings is 1. The molecule has 0 heterocycles. The molecular weight excluding hydrogens is 572 g/mol. The van der Waals surface area contributed by atoms with Gasteiger partial charge < -0.3 is 42.9 Å². The minimum atomic E-state index is -2.10. The van der Waals surface area contributed by atoms with Crippen LogP contribution in [0.15, 0.2) is 18.7 Å². The second kappa shape index (κ2) is 18.5. The first-order valence-corrected chi connectivity index (χ1v) is 17.5. The lowest BCUT2D eigenvalue weighted by Gasteiger charge is -2.43. The normalized spacial score (nSPS) is 14.8. The largest absolute Gasteiger partial charge is 0.492 e. The summed E-state index contributed by atoms with van der Waals surface area (Å²) in [7, 11) is 6.17. The van der Waals surface area contributed by atoms with E-state index in [1.165, 1.54) is 20.3 Å². The van der Waals surface area contributed by atoms with Gasteiger partial charge in [0.1, 0.15) is 6.61 Å². The van der Waals surface area contributed by atoms with E-state index in [0.29, 0.717) is 41.3 Å². The van der Waals surface area contributed by atoms with Crippen molar-refractivity contribution < 1.29 is 42.4 Å². The molecule has 2 N–H and O–H groups in total. The maximum atomic E-state index is 12.5. The number of nitrogens with one attached hydrogen (secondary N) is 2. The van der Waals surface area contributed by atoms with Crippen molar-refractivity contribution >= 4 is 20.1 Å². The summed E-state index contributed by atoms with van der Waals surface area (Å²) in [4.78, 5) is 12.5. The number of likely N-dealkylation sites (N-methyl/N-ethyl adjacent to an activating group) is 1. The molecule has 0 aliphatic heterocycles. The first kappa shape index (κ1) is 38.7. The smallest absolute Gasteiger partial charge is 0.412 e. The van der Waals surface area contributed by atoms with Gasteiger partial charge in [0.15, 0.2) is 39.2 Å². The highest BCUT2D eigenvalue weighted by molar-refractivity contribution is 6.74. The fourth-order valence-corrected chi connectivity index (χ4v) is 5.74. The summed E-state index contributed by atoms with van der Waals surface area (Å²) in [5.41, 5.74) is 1.03. The van der Waals surface area contributed by atoms with Crippen LogP contribution in [0.2, 0.25) is 18.1 Å². The van der Waals surface area contributed by atoms with E-state index in [1.54, 1.807) is 20.3 Å². The molecule has 0 spiro atoms. The van der Waals surface area contributed by atoms with Gasteiger partial charge in [0.25, 0.3) is 0 Å². The number of carbonyl (C=O) groups is 1. The van der Waals surface area contributed by atoms with Crippen molar-refractivity contribution in [2.75, 3.05) is 61.0 Å². The van der Waals surface area contributed by atoms with Crippen molar-refractivity contribution in [1.82, 2.24) is 5.32 Å². The Balaban J connectivity index is 3.56. The minimum Gasteiger partial charge on any atom is -0.492 e. The molecule has 0 aromatic heterocycles. The lowest BCUT2D eigenvalue weighted by molar-refractivity contribution is -0.0301. The van der Waals surface area contributed by atoms with E-state index in [0.717, 1.165) is 0 Å². The van der Waals surface area contributed by atoms with Crippen LogP contribution in [0.1, 0.15) is 46.6 Å². The fourth-order valence-electron chi connectivity index (χ4n) is 4.35. The Labute approximate surface area is 260 Å². The number of amides is 1. The van der Waals surface area contributed by atoms with E-state index in [1.807, 2.05) is 7.05 Å². The zero-order valence-electron chi connectivity index (χ0n) is 28.4. The molecule has 0 bridgehead atoms. The average Bonchev–Trinajstić information content (AvgIpc) is 2.95. The topological polar surface area (TPSA) is 115 Å². The molecule has 248 valence electrons. The highest BCUT2D eigenvalue weighted by Gasteiger charge is 2.42. The van der Waals surface area contributed by atoms with E-state index >= 15 is 0 Å². The maximum absolute atomic E-state index is 12.5. The van der Waals surface area contributed by atoms with Crippen molar-refractivity contribution in [3.63, 3.8) is 0 Å².